The van der Waals surface area contributed by atoms with Gasteiger partial charge in [0.1, 0.15) is 0 Å². The fourth-order valence-electron chi connectivity index (χ4n) is 3.82. The van der Waals surface area contributed by atoms with E-state index in [1.54, 1.807) is 0 Å². The Morgan fingerprint density at radius 3 is 2.17 bits per heavy atom. The van der Waals surface area contributed by atoms with Gasteiger partial charge in [-0.3, -0.25) is 0 Å². The average molecular weight is 441 g/mol. The average Bonchev–Trinajstić information content (AvgIpc) is 2.76. The number of hydrogen-bond acceptors (Lipinski definition) is 2. The van der Waals surface area contributed by atoms with Crippen molar-refractivity contribution in [2.24, 2.45) is 5.73 Å². The van der Waals surface area contributed by atoms with Gasteiger partial charge in [0.25, 0.3) is 0 Å². The molecule has 1 saturated heterocycles. The summed E-state index contributed by atoms with van der Waals surface area (Å²) >= 11 is 12.5. The first-order valence-corrected chi connectivity index (χ1v) is 11.3. The van der Waals surface area contributed by atoms with Crippen molar-refractivity contribution in [1.29, 1.82) is 0 Å². The molecule has 3 aromatic carbocycles. The summed E-state index contributed by atoms with van der Waals surface area (Å²) in [7, 11) is 0. The smallest absolute Gasteiger partial charge is 0.0557 e. The number of hydrogen-bond donors (Lipinski definition) is 1. The van der Waals surface area contributed by atoms with Crippen LogP contribution in [0.5, 0.6) is 0 Å². The molecule has 0 spiro atoms. The summed E-state index contributed by atoms with van der Waals surface area (Å²) in [5, 5.41) is 1.65. The number of benzene rings is 3. The van der Waals surface area contributed by atoms with E-state index in [-0.39, 0.29) is 0 Å². The van der Waals surface area contributed by atoms with Crippen LogP contribution < -0.4 is 10.6 Å². The molecule has 1 aliphatic rings. The fourth-order valence-corrected chi connectivity index (χ4v) is 4.31. The molecule has 0 radical (unpaired) electrons. The van der Waals surface area contributed by atoms with Crippen LogP contribution in [-0.4, -0.2) is 6.54 Å². The van der Waals surface area contributed by atoms with Gasteiger partial charge in [-0.25, -0.2) is 0 Å². The SMILES string of the molecule is Cc1ccc(C2CCCCN2c2ccc(Cl)cc2)c(Cl)c1.Cc1ccc(CN)cc1. The van der Waals surface area contributed by atoms with Crippen LogP contribution in [0.1, 0.15) is 47.6 Å². The van der Waals surface area contributed by atoms with Crippen LogP contribution in [0.15, 0.2) is 66.7 Å². The lowest BCUT2D eigenvalue weighted by Crippen LogP contribution is -2.33. The number of halogens is 2. The van der Waals surface area contributed by atoms with Crippen molar-refractivity contribution in [2.75, 3.05) is 11.4 Å². The minimum atomic E-state index is 0.355. The Morgan fingerprint density at radius 2 is 1.53 bits per heavy atom. The van der Waals surface area contributed by atoms with Gasteiger partial charge >= 0.3 is 0 Å². The zero-order chi connectivity index (χ0) is 21.5. The highest BCUT2D eigenvalue weighted by Gasteiger charge is 2.25. The second-order valence-corrected chi connectivity index (χ2v) is 8.74. The van der Waals surface area contributed by atoms with E-state index in [4.69, 9.17) is 28.9 Å². The third kappa shape index (κ3) is 6.01. The Balaban J connectivity index is 0.000000239. The van der Waals surface area contributed by atoms with Crippen LogP contribution in [0.2, 0.25) is 10.0 Å². The lowest BCUT2D eigenvalue weighted by molar-refractivity contribution is 0.473. The first kappa shape index (κ1) is 22.7. The third-order valence-corrected chi connectivity index (χ3v) is 6.11. The molecule has 0 aliphatic carbocycles. The van der Waals surface area contributed by atoms with E-state index in [1.165, 1.54) is 40.8 Å². The van der Waals surface area contributed by atoms with E-state index >= 15 is 0 Å². The van der Waals surface area contributed by atoms with Crippen LogP contribution >= 0.6 is 23.2 Å². The molecule has 2 N–H and O–H groups in total. The molecule has 0 aromatic heterocycles. The van der Waals surface area contributed by atoms with Crippen molar-refractivity contribution in [2.45, 2.75) is 45.7 Å². The highest BCUT2D eigenvalue weighted by atomic mass is 35.5. The number of anilines is 1. The van der Waals surface area contributed by atoms with Crippen LogP contribution in [-0.2, 0) is 6.54 Å². The van der Waals surface area contributed by atoms with Crippen LogP contribution in [0.4, 0.5) is 5.69 Å². The van der Waals surface area contributed by atoms with E-state index < -0.39 is 0 Å². The third-order valence-electron chi connectivity index (χ3n) is 5.53. The second kappa shape index (κ2) is 10.9. The van der Waals surface area contributed by atoms with Crippen molar-refractivity contribution in [3.05, 3.63) is 99.0 Å². The van der Waals surface area contributed by atoms with Crippen molar-refractivity contribution in [1.82, 2.24) is 0 Å². The predicted octanol–water partition coefficient (Wildman–Crippen LogP) is 7.49. The molecule has 4 heteroatoms. The maximum Gasteiger partial charge on any atom is 0.0557 e. The summed E-state index contributed by atoms with van der Waals surface area (Å²) in [5.74, 6) is 0. The molecule has 1 aliphatic heterocycles. The Bertz CT molecular complexity index is 936. The first-order valence-electron chi connectivity index (χ1n) is 10.5. The van der Waals surface area contributed by atoms with Crippen molar-refractivity contribution < 1.29 is 0 Å². The van der Waals surface area contributed by atoms with Crippen molar-refractivity contribution in [3.63, 3.8) is 0 Å². The number of aryl methyl sites for hydroxylation is 2. The first-order chi connectivity index (χ1) is 14.5. The van der Waals surface area contributed by atoms with Gasteiger partial charge in [0.15, 0.2) is 0 Å². The maximum absolute atomic E-state index is 6.49. The Kier molecular flexibility index (Phi) is 8.21. The minimum Gasteiger partial charge on any atom is -0.364 e. The summed E-state index contributed by atoms with van der Waals surface area (Å²) < 4.78 is 0. The van der Waals surface area contributed by atoms with Gasteiger partial charge in [0.2, 0.25) is 0 Å². The minimum absolute atomic E-state index is 0.355. The molecule has 3 aromatic rings. The second-order valence-electron chi connectivity index (χ2n) is 7.90. The van der Waals surface area contributed by atoms with Gasteiger partial charge in [-0.05, 0) is 80.1 Å². The summed E-state index contributed by atoms with van der Waals surface area (Å²) in [4.78, 5) is 2.45. The molecule has 158 valence electrons. The quantitative estimate of drug-likeness (QED) is 0.456. The molecule has 0 amide bonds. The molecular weight excluding hydrogens is 411 g/mol. The topological polar surface area (TPSA) is 29.3 Å². The van der Waals surface area contributed by atoms with Gasteiger partial charge in [-0.2, -0.15) is 0 Å². The Morgan fingerprint density at radius 1 is 0.867 bits per heavy atom. The Hall–Kier alpha value is -2.00. The summed E-state index contributed by atoms with van der Waals surface area (Å²) in [6, 6.07) is 23.1. The fraction of sp³-hybridized carbons (Fsp3) is 0.308. The van der Waals surface area contributed by atoms with Gasteiger partial charge in [0.05, 0.1) is 6.04 Å². The summed E-state index contributed by atoms with van der Waals surface area (Å²) in [5.41, 5.74) is 11.5. The molecule has 2 nitrogen and oxygen atoms in total. The molecule has 4 rings (SSSR count). The highest BCUT2D eigenvalue weighted by molar-refractivity contribution is 6.31. The molecular formula is C26H30Cl2N2. The lowest BCUT2D eigenvalue weighted by Gasteiger charge is -2.38. The van der Waals surface area contributed by atoms with Gasteiger partial charge in [0, 0.05) is 28.8 Å². The normalized spacial score (nSPS) is 16.0. The molecule has 1 fully saturated rings. The zero-order valence-corrected chi connectivity index (χ0v) is 19.3. The summed E-state index contributed by atoms with van der Waals surface area (Å²) in [6.45, 7) is 5.85. The molecule has 0 saturated carbocycles. The molecule has 1 unspecified atom stereocenters. The summed E-state index contributed by atoms with van der Waals surface area (Å²) in [6.07, 6.45) is 3.62. The Labute approximate surface area is 190 Å². The number of nitrogens with two attached hydrogens (primary N) is 1. The van der Waals surface area contributed by atoms with E-state index in [2.05, 4.69) is 73.3 Å². The standard InChI is InChI=1S/C18H19Cl2N.C8H11N/c1-13-5-10-16(17(20)12-13)18-4-2-3-11-21(18)15-8-6-14(19)7-9-15;1-7-2-4-8(6-9)5-3-7/h5-10,12,18H,2-4,11H2,1H3;2-5H,6,9H2,1H3. The van der Waals surface area contributed by atoms with Crippen molar-refractivity contribution in [3.8, 4) is 0 Å². The van der Waals surface area contributed by atoms with Gasteiger partial charge in [-0.1, -0.05) is 65.2 Å². The maximum atomic E-state index is 6.49. The van der Waals surface area contributed by atoms with Crippen LogP contribution in [0.3, 0.4) is 0 Å². The van der Waals surface area contributed by atoms with Crippen molar-refractivity contribution >= 4 is 28.9 Å². The van der Waals surface area contributed by atoms with E-state index in [9.17, 15) is 0 Å². The highest BCUT2D eigenvalue weighted by Crippen LogP contribution is 2.38. The van der Waals surface area contributed by atoms with E-state index in [0.717, 1.165) is 23.0 Å². The van der Waals surface area contributed by atoms with Crippen LogP contribution in [0.25, 0.3) is 0 Å². The van der Waals surface area contributed by atoms with Gasteiger partial charge < -0.3 is 10.6 Å². The van der Waals surface area contributed by atoms with Crippen LogP contribution in [0, 0.1) is 13.8 Å². The number of piperidine rings is 1. The van der Waals surface area contributed by atoms with E-state index in [0.29, 0.717) is 12.6 Å². The molecule has 30 heavy (non-hydrogen) atoms. The van der Waals surface area contributed by atoms with E-state index in [1.807, 2.05) is 12.1 Å². The predicted molar refractivity (Wildman–Crippen MR) is 131 cm³/mol. The van der Waals surface area contributed by atoms with Gasteiger partial charge in [-0.15, -0.1) is 0 Å². The number of rotatable bonds is 3. The molecule has 1 heterocycles. The number of nitrogens with zero attached hydrogens (tertiary/aromatic N) is 1. The largest absolute Gasteiger partial charge is 0.364 e. The zero-order valence-electron chi connectivity index (χ0n) is 17.7. The molecule has 1 atom stereocenters. The lowest BCUT2D eigenvalue weighted by atomic mass is 9.94. The molecule has 0 bridgehead atoms. The monoisotopic (exact) mass is 440 g/mol.